The molecule has 0 radical (unpaired) electrons. The van der Waals surface area contributed by atoms with Crippen molar-refractivity contribution in [2.45, 2.75) is 26.4 Å². The molecule has 0 N–H and O–H groups in total. The maximum absolute atomic E-state index is 12.8. The van der Waals surface area contributed by atoms with E-state index in [2.05, 4.69) is 0 Å². The summed E-state index contributed by atoms with van der Waals surface area (Å²) < 4.78 is 12.8. The van der Waals surface area contributed by atoms with Crippen molar-refractivity contribution in [3.63, 3.8) is 0 Å². The number of carbonyl (C=O) groups is 2. The van der Waals surface area contributed by atoms with E-state index in [1.165, 1.54) is 12.1 Å². The summed E-state index contributed by atoms with van der Waals surface area (Å²) in [6.07, 6.45) is 0.125. The van der Waals surface area contributed by atoms with Gasteiger partial charge in [0.1, 0.15) is 11.9 Å². The second-order valence-electron chi connectivity index (χ2n) is 5.08. The van der Waals surface area contributed by atoms with Crippen LogP contribution in [0.2, 0.25) is 0 Å². The molecular weight excluding hydrogens is 251 g/mol. The molecule has 1 saturated heterocycles. The number of hydrogen-bond acceptors (Lipinski definition) is 4. The topological polar surface area (TPSA) is 52.6 Å². The maximum Gasteiger partial charge on any atom is 0.229 e. The molecule has 2 rings (SSSR count). The molecule has 0 saturated carbocycles. The predicted octanol–water partition coefficient (Wildman–Crippen LogP) is 2.32. The average Bonchev–Trinajstić information content (AvgIpc) is 2.92. The van der Waals surface area contributed by atoms with Crippen LogP contribution in [0.4, 0.5) is 4.39 Å². The van der Waals surface area contributed by atoms with Crippen molar-refractivity contribution in [3.05, 3.63) is 35.6 Å². The third kappa shape index (κ3) is 2.72. The van der Waals surface area contributed by atoms with E-state index in [0.29, 0.717) is 13.0 Å². The van der Waals surface area contributed by atoms with E-state index >= 15 is 0 Å². The van der Waals surface area contributed by atoms with Crippen LogP contribution < -0.4 is 0 Å². The molecule has 4 nitrogen and oxygen atoms in total. The molecule has 1 aliphatic heterocycles. The van der Waals surface area contributed by atoms with Crippen LogP contribution in [0.25, 0.3) is 0 Å². The van der Waals surface area contributed by atoms with E-state index in [-0.39, 0.29) is 5.56 Å². The first-order valence-corrected chi connectivity index (χ1v) is 6.06. The van der Waals surface area contributed by atoms with E-state index in [4.69, 9.17) is 9.78 Å². The summed E-state index contributed by atoms with van der Waals surface area (Å²) in [5.41, 5.74) is -0.791. The Morgan fingerprint density at radius 1 is 1.26 bits per heavy atom. The molecule has 1 unspecified atom stereocenters. The van der Waals surface area contributed by atoms with Crippen LogP contribution >= 0.6 is 0 Å². The Balaban J connectivity index is 2.18. The first kappa shape index (κ1) is 13.8. The molecule has 0 amide bonds. The highest BCUT2D eigenvalue weighted by atomic mass is 19.1. The third-order valence-corrected chi connectivity index (χ3v) is 3.35. The Kier molecular flexibility index (Phi) is 3.78. The van der Waals surface area contributed by atoms with Crippen molar-refractivity contribution in [1.29, 1.82) is 0 Å². The van der Waals surface area contributed by atoms with Gasteiger partial charge >= 0.3 is 0 Å². The molecule has 1 aromatic rings. The van der Waals surface area contributed by atoms with Crippen LogP contribution in [0.3, 0.4) is 0 Å². The summed E-state index contributed by atoms with van der Waals surface area (Å²) in [4.78, 5) is 34.1. The lowest BCUT2D eigenvalue weighted by atomic mass is 9.78. The molecule has 0 spiro atoms. The Morgan fingerprint density at radius 2 is 1.89 bits per heavy atom. The second kappa shape index (κ2) is 5.19. The van der Waals surface area contributed by atoms with Crippen molar-refractivity contribution < 1.29 is 23.8 Å². The summed E-state index contributed by atoms with van der Waals surface area (Å²) in [5.74, 6) is -1.65. The molecule has 1 aliphatic rings. The van der Waals surface area contributed by atoms with Gasteiger partial charge < -0.3 is 0 Å². The van der Waals surface area contributed by atoms with Crippen LogP contribution in [-0.2, 0) is 14.6 Å². The smallest absolute Gasteiger partial charge is 0.229 e. The molecule has 0 bridgehead atoms. The van der Waals surface area contributed by atoms with E-state index in [0.717, 1.165) is 12.1 Å². The van der Waals surface area contributed by atoms with Gasteiger partial charge in [0, 0.05) is 12.0 Å². The van der Waals surface area contributed by atoms with Crippen LogP contribution in [0.15, 0.2) is 24.3 Å². The zero-order chi connectivity index (χ0) is 14.0. The molecule has 0 aromatic heterocycles. The minimum absolute atomic E-state index is 0.179. The highest BCUT2D eigenvalue weighted by Gasteiger charge is 2.43. The highest BCUT2D eigenvalue weighted by molar-refractivity contribution is 6.45. The number of carbonyl (C=O) groups excluding carboxylic acids is 2. The van der Waals surface area contributed by atoms with Gasteiger partial charge in [0.15, 0.2) is 0 Å². The van der Waals surface area contributed by atoms with Gasteiger partial charge in [-0.2, -0.15) is 0 Å². The molecule has 1 heterocycles. The molecule has 19 heavy (non-hydrogen) atoms. The summed E-state index contributed by atoms with van der Waals surface area (Å²) in [5, 5.41) is 0. The van der Waals surface area contributed by atoms with Crippen molar-refractivity contribution in [1.82, 2.24) is 0 Å². The second-order valence-corrected chi connectivity index (χ2v) is 5.08. The van der Waals surface area contributed by atoms with Gasteiger partial charge in [-0.1, -0.05) is 0 Å². The molecule has 102 valence electrons. The monoisotopic (exact) mass is 266 g/mol. The standard InChI is InChI=1S/C14H15FO4/c1-14(2,11-7-8-18-19-11)13(17)12(16)9-3-5-10(15)6-4-9/h3-6,11H,7-8H2,1-2H3. The minimum atomic E-state index is -0.970. The van der Waals surface area contributed by atoms with Gasteiger partial charge in [-0.15, -0.1) is 0 Å². The van der Waals surface area contributed by atoms with Crippen LogP contribution in [-0.4, -0.2) is 24.3 Å². The summed E-state index contributed by atoms with van der Waals surface area (Å²) >= 11 is 0. The van der Waals surface area contributed by atoms with Gasteiger partial charge in [-0.25, -0.2) is 14.2 Å². The lowest BCUT2D eigenvalue weighted by Gasteiger charge is -2.26. The minimum Gasteiger partial charge on any atom is -0.290 e. The third-order valence-electron chi connectivity index (χ3n) is 3.35. The van der Waals surface area contributed by atoms with Gasteiger partial charge in [0.2, 0.25) is 11.6 Å². The van der Waals surface area contributed by atoms with Crippen molar-refractivity contribution in [2.24, 2.45) is 5.41 Å². The number of benzene rings is 1. The summed E-state index contributed by atoms with van der Waals surface area (Å²) in [7, 11) is 0. The number of rotatable bonds is 4. The Labute approximate surface area is 110 Å². The quantitative estimate of drug-likeness (QED) is 0.477. The fourth-order valence-electron chi connectivity index (χ4n) is 1.99. The highest BCUT2D eigenvalue weighted by Crippen LogP contribution is 2.31. The van der Waals surface area contributed by atoms with E-state index in [9.17, 15) is 14.0 Å². The fraction of sp³-hybridized carbons (Fsp3) is 0.429. The van der Waals surface area contributed by atoms with E-state index in [1.54, 1.807) is 13.8 Å². The van der Waals surface area contributed by atoms with E-state index in [1.807, 2.05) is 0 Å². The Morgan fingerprint density at radius 3 is 2.42 bits per heavy atom. The van der Waals surface area contributed by atoms with Crippen LogP contribution in [0.5, 0.6) is 0 Å². The van der Waals surface area contributed by atoms with Gasteiger partial charge in [0.05, 0.1) is 12.0 Å². The molecule has 1 atom stereocenters. The Bertz CT molecular complexity index is 487. The van der Waals surface area contributed by atoms with Gasteiger partial charge in [-0.05, 0) is 38.1 Å². The first-order valence-electron chi connectivity index (χ1n) is 6.06. The SMILES string of the molecule is CC(C)(C(=O)C(=O)c1ccc(F)cc1)C1CCOO1. The molecular formula is C14H15FO4. The lowest BCUT2D eigenvalue weighted by Crippen LogP contribution is -2.41. The number of Topliss-reactive ketones (excluding diaryl/α,β-unsaturated/α-hetero) is 2. The zero-order valence-electron chi connectivity index (χ0n) is 10.8. The number of halogens is 1. The van der Waals surface area contributed by atoms with Crippen molar-refractivity contribution in [3.8, 4) is 0 Å². The van der Waals surface area contributed by atoms with E-state index < -0.39 is 28.9 Å². The normalized spacial score (nSPS) is 19.4. The fourth-order valence-corrected chi connectivity index (χ4v) is 1.99. The first-order chi connectivity index (χ1) is 8.93. The van der Waals surface area contributed by atoms with Crippen LogP contribution in [0.1, 0.15) is 30.6 Å². The van der Waals surface area contributed by atoms with Gasteiger partial charge in [-0.3, -0.25) is 9.59 Å². The molecule has 0 aliphatic carbocycles. The lowest BCUT2D eigenvalue weighted by molar-refractivity contribution is -0.288. The maximum atomic E-state index is 12.8. The van der Waals surface area contributed by atoms with Crippen molar-refractivity contribution in [2.75, 3.05) is 6.61 Å². The van der Waals surface area contributed by atoms with Crippen LogP contribution in [0, 0.1) is 11.2 Å². The summed E-state index contributed by atoms with van der Waals surface area (Å²) in [6, 6.07) is 4.92. The number of ketones is 2. The summed E-state index contributed by atoms with van der Waals surface area (Å²) in [6.45, 7) is 3.71. The largest absolute Gasteiger partial charge is 0.290 e. The van der Waals surface area contributed by atoms with Gasteiger partial charge in [0.25, 0.3) is 0 Å². The predicted molar refractivity (Wildman–Crippen MR) is 65.0 cm³/mol. The molecule has 5 heteroatoms. The zero-order valence-corrected chi connectivity index (χ0v) is 10.8. The average molecular weight is 266 g/mol. The van der Waals surface area contributed by atoms with Crippen molar-refractivity contribution >= 4 is 11.6 Å². The molecule has 1 fully saturated rings. The molecule has 1 aromatic carbocycles. The Hall–Kier alpha value is -1.59. The number of hydrogen-bond donors (Lipinski definition) is 0.